The molecule has 3 rings (SSSR count). The van der Waals surface area contributed by atoms with Crippen LogP contribution in [-0.4, -0.2) is 18.9 Å². The molecule has 132 valence electrons. The summed E-state index contributed by atoms with van der Waals surface area (Å²) in [6.45, 7) is 0.194. The lowest BCUT2D eigenvalue weighted by Gasteiger charge is -2.01. The number of hydrogen-bond acceptors (Lipinski definition) is 4. The van der Waals surface area contributed by atoms with Crippen LogP contribution in [0.1, 0.15) is 10.4 Å². The molecule has 0 fully saturated rings. The van der Waals surface area contributed by atoms with Crippen LogP contribution in [0.4, 0.5) is 0 Å². The lowest BCUT2D eigenvalue weighted by molar-refractivity contribution is 0.0998. The number of hydrogen-bond donors (Lipinski definition) is 1. The molecule has 1 heterocycles. The van der Waals surface area contributed by atoms with Crippen LogP contribution >= 0.6 is 27.3 Å². The van der Waals surface area contributed by atoms with E-state index >= 15 is 0 Å². The van der Waals surface area contributed by atoms with Crippen LogP contribution in [0.2, 0.25) is 0 Å². The minimum atomic E-state index is -3.83. The second-order valence-corrected chi connectivity index (χ2v) is 8.76. The van der Waals surface area contributed by atoms with Crippen molar-refractivity contribution in [3.8, 4) is 12.3 Å². The van der Waals surface area contributed by atoms with Crippen LogP contribution in [0.25, 0.3) is 10.2 Å². The van der Waals surface area contributed by atoms with Crippen molar-refractivity contribution in [2.75, 3.05) is 0 Å². The summed E-state index contributed by atoms with van der Waals surface area (Å²) in [5.74, 6) is 2.10. The minimum absolute atomic E-state index is 0.0102. The Hall–Kier alpha value is -2.25. The molecule has 3 aromatic rings. The highest BCUT2D eigenvalue weighted by Gasteiger charge is 2.13. The van der Waals surface area contributed by atoms with Crippen molar-refractivity contribution in [2.45, 2.75) is 11.4 Å². The fraction of sp³-hybridized carbons (Fsp3) is 0.0588. The molecule has 0 aliphatic carbocycles. The fourth-order valence-electron chi connectivity index (χ4n) is 2.33. The first-order valence-corrected chi connectivity index (χ1v) is 10.4. The van der Waals surface area contributed by atoms with Gasteiger partial charge in [0.25, 0.3) is 5.91 Å². The molecule has 0 spiro atoms. The van der Waals surface area contributed by atoms with Crippen LogP contribution in [0.3, 0.4) is 0 Å². The van der Waals surface area contributed by atoms with E-state index in [9.17, 15) is 13.2 Å². The highest BCUT2D eigenvalue weighted by atomic mass is 79.9. The first-order valence-electron chi connectivity index (χ1n) is 7.24. The molecule has 9 heteroatoms. The predicted molar refractivity (Wildman–Crippen MR) is 104 cm³/mol. The van der Waals surface area contributed by atoms with E-state index in [-0.39, 0.29) is 11.4 Å². The fourth-order valence-corrected chi connectivity index (χ4v) is 4.41. The number of aromatic nitrogens is 1. The highest BCUT2D eigenvalue weighted by molar-refractivity contribution is 9.10. The predicted octanol–water partition coefficient (Wildman–Crippen LogP) is 2.49. The standard InChI is InChI=1S/C17H12BrN3O3S2/c1-2-8-21-14-7-6-13(26(19,23)24)10-15(14)25-17(21)20-16(22)11-4-3-5-12(18)9-11/h1,3-7,9-10H,8H2,(H2,19,23,24). The Morgan fingerprint density at radius 2 is 2.08 bits per heavy atom. The molecule has 0 aliphatic rings. The average Bonchev–Trinajstić information content (AvgIpc) is 2.91. The number of amides is 1. The van der Waals surface area contributed by atoms with Gasteiger partial charge in [-0.25, -0.2) is 13.6 Å². The number of halogens is 1. The topological polar surface area (TPSA) is 94.5 Å². The monoisotopic (exact) mass is 449 g/mol. The molecular weight excluding hydrogens is 438 g/mol. The van der Waals surface area contributed by atoms with Crippen molar-refractivity contribution in [3.05, 3.63) is 57.3 Å². The zero-order valence-electron chi connectivity index (χ0n) is 13.2. The van der Waals surface area contributed by atoms with Crippen molar-refractivity contribution in [3.63, 3.8) is 0 Å². The largest absolute Gasteiger partial charge is 0.305 e. The quantitative estimate of drug-likeness (QED) is 0.622. The average molecular weight is 450 g/mol. The van der Waals surface area contributed by atoms with Gasteiger partial charge in [-0.15, -0.1) is 6.42 Å². The smallest absolute Gasteiger partial charge is 0.279 e. The lowest BCUT2D eigenvalue weighted by Crippen LogP contribution is -2.16. The molecule has 0 saturated heterocycles. The van der Waals surface area contributed by atoms with Crippen LogP contribution in [0, 0.1) is 12.3 Å². The van der Waals surface area contributed by atoms with Crippen LogP contribution in [0.5, 0.6) is 0 Å². The van der Waals surface area contributed by atoms with Gasteiger partial charge in [-0.05, 0) is 36.4 Å². The number of terminal acetylenes is 1. The van der Waals surface area contributed by atoms with Crippen molar-refractivity contribution in [1.29, 1.82) is 0 Å². The van der Waals surface area contributed by atoms with Gasteiger partial charge < -0.3 is 4.57 Å². The zero-order chi connectivity index (χ0) is 18.9. The van der Waals surface area contributed by atoms with Gasteiger partial charge in [0.05, 0.1) is 21.7 Å². The Balaban J connectivity index is 2.19. The summed E-state index contributed by atoms with van der Waals surface area (Å²) in [7, 11) is -3.83. The Bertz CT molecular complexity index is 1230. The Morgan fingerprint density at radius 1 is 1.31 bits per heavy atom. The minimum Gasteiger partial charge on any atom is -0.305 e. The van der Waals surface area contributed by atoms with E-state index in [1.54, 1.807) is 28.8 Å². The van der Waals surface area contributed by atoms with Gasteiger partial charge in [0.15, 0.2) is 4.80 Å². The summed E-state index contributed by atoms with van der Waals surface area (Å²) in [6.07, 6.45) is 5.43. The summed E-state index contributed by atoms with van der Waals surface area (Å²) < 4.78 is 26.2. The third-order valence-corrected chi connectivity index (χ3v) is 5.95. The molecule has 1 aromatic heterocycles. The molecule has 2 aromatic carbocycles. The number of nitrogens with zero attached hydrogens (tertiary/aromatic N) is 2. The van der Waals surface area contributed by atoms with Crippen molar-refractivity contribution in [2.24, 2.45) is 10.1 Å². The zero-order valence-corrected chi connectivity index (χ0v) is 16.4. The third kappa shape index (κ3) is 3.78. The molecule has 0 atom stereocenters. The molecule has 0 unspecified atom stereocenters. The molecular formula is C17H12BrN3O3S2. The second kappa shape index (κ2) is 7.17. The Labute approximate surface area is 162 Å². The Kier molecular flexibility index (Phi) is 5.11. The van der Waals surface area contributed by atoms with E-state index in [4.69, 9.17) is 11.6 Å². The summed E-state index contributed by atoms with van der Waals surface area (Å²) in [6, 6.07) is 11.3. The molecule has 26 heavy (non-hydrogen) atoms. The van der Waals surface area contributed by atoms with E-state index < -0.39 is 15.9 Å². The molecule has 6 nitrogen and oxygen atoms in total. The number of carbonyl (C=O) groups is 1. The van der Waals surface area contributed by atoms with Crippen LogP contribution in [-0.2, 0) is 16.6 Å². The van der Waals surface area contributed by atoms with Gasteiger partial charge in [-0.1, -0.05) is 39.3 Å². The Morgan fingerprint density at radius 3 is 2.73 bits per heavy atom. The maximum atomic E-state index is 12.5. The number of sulfonamides is 1. The number of primary sulfonamides is 1. The van der Waals surface area contributed by atoms with E-state index in [0.29, 0.717) is 20.6 Å². The normalized spacial score (nSPS) is 12.3. The van der Waals surface area contributed by atoms with Gasteiger partial charge in [0, 0.05) is 10.0 Å². The third-order valence-electron chi connectivity index (χ3n) is 3.50. The number of nitrogens with two attached hydrogens (primary N) is 1. The van der Waals surface area contributed by atoms with Crippen molar-refractivity contribution in [1.82, 2.24) is 4.57 Å². The van der Waals surface area contributed by atoms with E-state index in [2.05, 4.69) is 26.8 Å². The summed E-state index contributed by atoms with van der Waals surface area (Å²) >= 11 is 4.49. The molecule has 1 amide bonds. The summed E-state index contributed by atoms with van der Waals surface area (Å²) in [5.41, 5.74) is 1.11. The molecule has 0 saturated carbocycles. The number of rotatable bonds is 3. The summed E-state index contributed by atoms with van der Waals surface area (Å²) in [4.78, 5) is 17.0. The van der Waals surface area contributed by atoms with Gasteiger partial charge in [-0.2, -0.15) is 4.99 Å². The number of fused-ring (bicyclic) bond motifs is 1. The lowest BCUT2D eigenvalue weighted by atomic mass is 10.2. The number of thiazole rings is 1. The van der Waals surface area contributed by atoms with Crippen molar-refractivity contribution < 1.29 is 13.2 Å². The van der Waals surface area contributed by atoms with Gasteiger partial charge in [0.1, 0.15) is 0 Å². The van der Waals surface area contributed by atoms with E-state index in [1.165, 1.54) is 23.5 Å². The SMILES string of the molecule is C#CCn1c(=NC(=O)c2cccc(Br)c2)sc2cc(S(N)(=O)=O)ccc21. The number of benzene rings is 2. The summed E-state index contributed by atoms with van der Waals surface area (Å²) in [5, 5.41) is 5.18. The maximum Gasteiger partial charge on any atom is 0.279 e. The molecule has 0 bridgehead atoms. The van der Waals surface area contributed by atoms with Gasteiger partial charge >= 0.3 is 0 Å². The first-order chi connectivity index (χ1) is 12.3. The van der Waals surface area contributed by atoms with Crippen LogP contribution < -0.4 is 9.94 Å². The van der Waals surface area contributed by atoms with Crippen molar-refractivity contribution >= 4 is 53.4 Å². The highest BCUT2D eigenvalue weighted by Crippen LogP contribution is 2.21. The first kappa shape index (κ1) is 18.5. The molecule has 0 aliphatic heterocycles. The maximum absolute atomic E-state index is 12.5. The number of carbonyl (C=O) groups excluding carboxylic acids is 1. The molecule has 0 radical (unpaired) electrons. The van der Waals surface area contributed by atoms with E-state index in [1.807, 2.05) is 6.07 Å². The van der Waals surface area contributed by atoms with Gasteiger partial charge in [-0.3, -0.25) is 4.79 Å². The second-order valence-electron chi connectivity index (χ2n) is 5.28. The van der Waals surface area contributed by atoms with Crippen LogP contribution in [0.15, 0.2) is 56.8 Å². The van der Waals surface area contributed by atoms with Gasteiger partial charge in [0.2, 0.25) is 10.0 Å². The van der Waals surface area contributed by atoms with E-state index in [0.717, 1.165) is 4.47 Å². The molecule has 2 N–H and O–H groups in total.